The van der Waals surface area contributed by atoms with Crippen LogP contribution in [0.1, 0.15) is 51.2 Å². The molecule has 1 aromatic carbocycles. The second kappa shape index (κ2) is 5.85. The van der Waals surface area contributed by atoms with Crippen molar-refractivity contribution < 1.29 is 4.79 Å². The van der Waals surface area contributed by atoms with Crippen molar-refractivity contribution in [3.8, 4) is 0 Å². The molecule has 1 aliphatic carbocycles. The fourth-order valence-electron chi connectivity index (χ4n) is 4.98. The summed E-state index contributed by atoms with van der Waals surface area (Å²) in [6.45, 7) is 10.8. The topological polar surface area (TPSA) is 32.3 Å². The molecule has 1 saturated heterocycles. The van der Waals surface area contributed by atoms with Crippen molar-refractivity contribution in [2.75, 3.05) is 13.1 Å². The minimum Gasteiger partial charge on any atom is -0.338 e. The van der Waals surface area contributed by atoms with Gasteiger partial charge in [-0.25, -0.2) is 4.79 Å². The van der Waals surface area contributed by atoms with E-state index in [1.807, 2.05) is 0 Å². The van der Waals surface area contributed by atoms with Crippen molar-refractivity contribution in [2.24, 2.45) is 10.8 Å². The first-order chi connectivity index (χ1) is 10.8. The van der Waals surface area contributed by atoms with Gasteiger partial charge < -0.3 is 10.2 Å². The Balaban J connectivity index is 1.55. The van der Waals surface area contributed by atoms with Crippen LogP contribution in [0.25, 0.3) is 0 Å². The molecule has 1 N–H and O–H groups in total. The summed E-state index contributed by atoms with van der Waals surface area (Å²) in [6.07, 6.45) is 4.42. The molecule has 23 heavy (non-hydrogen) atoms. The highest BCUT2D eigenvalue weighted by Crippen LogP contribution is 2.52. The summed E-state index contributed by atoms with van der Waals surface area (Å²) < 4.78 is 0. The van der Waals surface area contributed by atoms with Gasteiger partial charge in [0.2, 0.25) is 0 Å². The van der Waals surface area contributed by atoms with Gasteiger partial charge in [-0.05, 0) is 49.0 Å². The highest BCUT2D eigenvalue weighted by molar-refractivity contribution is 5.75. The summed E-state index contributed by atoms with van der Waals surface area (Å²) in [7, 11) is 0. The molecule has 3 heteroatoms. The van der Waals surface area contributed by atoms with Crippen LogP contribution in [0.3, 0.4) is 0 Å². The fourth-order valence-corrected chi connectivity index (χ4v) is 4.98. The monoisotopic (exact) mass is 314 g/mol. The van der Waals surface area contributed by atoms with E-state index in [1.54, 1.807) is 0 Å². The van der Waals surface area contributed by atoms with Crippen molar-refractivity contribution in [3.05, 3.63) is 35.4 Å². The third kappa shape index (κ3) is 3.70. The minimum atomic E-state index is 0.129. The van der Waals surface area contributed by atoms with Crippen molar-refractivity contribution in [2.45, 2.75) is 59.4 Å². The lowest BCUT2D eigenvalue weighted by Crippen LogP contribution is -2.44. The van der Waals surface area contributed by atoms with Gasteiger partial charge in [-0.1, -0.05) is 50.6 Å². The third-order valence-electron chi connectivity index (χ3n) is 5.45. The Labute approximate surface area is 140 Å². The number of hydrogen-bond acceptors (Lipinski definition) is 1. The molecule has 2 unspecified atom stereocenters. The molecule has 2 atom stereocenters. The van der Waals surface area contributed by atoms with Gasteiger partial charge in [0.05, 0.1) is 0 Å². The average Bonchev–Trinajstić information content (AvgIpc) is 2.68. The van der Waals surface area contributed by atoms with Crippen molar-refractivity contribution in [3.63, 3.8) is 0 Å². The van der Waals surface area contributed by atoms with E-state index in [0.717, 1.165) is 19.4 Å². The van der Waals surface area contributed by atoms with E-state index in [0.29, 0.717) is 23.4 Å². The Morgan fingerprint density at radius 3 is 2.83 bits per heavy atom. The number of urea groups is 1. The number of fused-ring (bicyclic) bond motifs is 2. The average molecular weight is 314 g/mol. The summed E-state index contributed by atoms with van der Waals surface area (Å²) in [5.41, 5.74) is 3.23. The quantitative estimate of drug-likeness (QED) is 0.893. The number of nitrogens with zero attached hydrogens (tertiary/aromatic N) is 1. The second-order valence-corrected chi connectivity index (χ2v) is 8.81. The normalized spacial score (nSPS) is 28.7. The molecule has 2 aliphatic rings. The van der Waals surface area contributed by atoms with Gasteiger partial charge in [-0.15, -0.1) is 0 Å². The lowest BCUT2D eigenvalue weighted by Gasteiger charge is -2.39. The third-order valence-corrected chi connectivity index (χ3v) is 5.45. The number of aryl methyl sites for hydroxylation is 1. The predicted octanol–water partition coefficient (Wildman–Crippen LogP) is 4.15. The van der Waals surface area contributed by atoms with Crippen molar-refractivity contribution in [1.82, 2.24) is 10.2 Å². The molecule has 0 radical (unpaired) electrons. The van der Waals surface area contributed by atoms with Crippen molar-refractivity contribution >= 4 is 6.03 Å². The van der Waals surface area contributed by atoms with Crippen LogP contribution < -0.4 is 5.32 Å². The van der Waals surface area contributed by atoms with E-state index in [4.69, 9.17) is 0 Å². The van der Waals surface area contributed by atoms with Crippen LogP contribution in [0.5, 0.6) is 0 Å². The van der Waals surface area contributed by atoms with Crippen LogP contribution in [0.4, 0.5) is 4.79 Å². The molecule has 126 valence electrons. The van der Waals surface area contributed by atoms with Gasteiger partial charge >= 0.3 is 6.03 Å². The zero-order valence-electron chi connectivity index (χ0n) is 15.0. The molecule has 1 saturated carbocycles. The van der Waals surface area contributed by atoms with Crippen LogP contribution in [-0.4, -0.2) is 30.1 Å². The van der Waals surface area contributed by atoms with Gasteiger partial charge in [0.25, 0.3) is 0 Å². The summed E-state index contributed by atoms with van der Waals surface area (Å²) in [5, 5.41) is 3.14. The van der Waals surface area contributed by atoms with E-state index < -0.39 is 0 Å². The molecule has 2 bridgehead atoms. The SMILES string of the molecule is Cc1cccc(CCNC(=O)N2CC3(C)CC2CC(C)(C)C3)c1. The smallest absolute Gasteiger partial charge is 0.317 e. The molecular weight excluding hydrogens is 284 g/mol. The fraction of sp³-hybridized carbons (Fsp3) is 0.650. The van der Waals surface area contributed by atoms with E-state index in [-0.39, 0.29) is 6.03 Å². The number of likely N-dealkylation sites (tertiary alicyclic amines) is 1. The first-order valence-corrected chi connectivity index (χ1v) is 8.86. The minimum absolute atomic E-state index is 0.129. The molecule has 1 aliphatic heterocycles. The number of nitrogens with one attached hydrogen (secondary N) is 1. The summed E-state index contributed by atoms with van der Waals surface area (Å²) in [6, 6.07) is 9.06. The number of carbonyl (C=O) groups excluding carboxylic acids is 1. The molecule has 2 amide bonds. The van der Waals surface area contributed by atoms with E-state index in [9.17, 15) is 4.79 Å². The van der Waals surface area contributed by atoms with Gasteiger partial charge in [0.1, 0.15) is 0 Å². The van der Waals surface area contributed by atoms with E-state index in [1.165, 1.54) is 24.0 Å². The van der Waals surface area contributed by atoms with Crippen LogP contribution >= 0.6 is 0 Å². The maximum atomic E-state index is 12.6. The second-order valence-electron chi connectivity index (χ2n) is 8.81. The van der Waals surface area contributed by atoms with Crippen LogP contribution in [0.15, 0.2) is 24.3 Å². The Bertz CT molecular complexity index is 595. The maximum absolute atomic E-state index is 12.6. The largest absolute Gasteiger partial charge is 0.338 e. The predicted molar refractivity (Wildman–Crippen MR) is 94.5 cm³/mol. The molecule has 3 nitrogen and oxygen atoms in total. The van der Waals surface area contributed by atoms with Crippen LogP contribution in [-0.2, 0) is 6.42 Å². The zero-order valence-corrected chi connectivity index (χ0v) is 15.0. The molecule has 2 fully saturated rings. The number of amides is 2. The summed E-state index contributed by atoms with van der Waals surface area (Å²) in [4.78, 5) is 14.7. The van der Waals surface area contributed by atoms with E-state index >= 15 is 0 Å². The summed E-state index contributed by atoms with van der Waals surface area (Å²) >= 11 is 0. The Hall–Kier alpha value is -1.51. The highest BCUT2D eigenvalue weighted by Gasteiger charge is 2.50. The van der Waals surface area contributed by atoms with Crippen LogP contribution in [0.2, 0.25) is 0 Å². The standard InChI is InChI=1S/C20H30N2O/c1-15-6-5-7-16(10-15)8-9-21-18(23)22-14-20(4)12-17(22)11-19(2,3)13-20/h5-7,10,17H,8-9,11-14H2,1-4H3,(H,21,23). The first kappa shape index (κ1) is 16.4. The Kier molecular flexibility index (Phi) is 4.16. The Morgan fingerprint density at radius 2 is 2.09 bits per heavy atom. The van der Waals surface area contributed by atoms with Crippen molar-refractivity contribution in [1.29, 1.82) is 0 Å². The lowest BCUT2D eigenvalue weighted by molar-refractivity contribution is 0.129. The number of carbonyl (C=O) groups is 1. The Morgan fingerprint density at radius 1 is 1.30 bits per heavy atom. The number of hydrogen-bond donors (Lipinski definition) is 1. The van der Waals surface area contributed by atoms with Gasteiger partial charge in [-0.2, -0.15) is 0 Å². The van der Waals surface area contributed by atoms with E-state index in [2.05, 4.69) is 62.2 Å². The molecular formula is C20H30N2O. The maximum Gasteiger partial charge on any atom is 0.317 e. The van der Waals surface area contributed by atoms with Gasteiger partial charge in [-0.3, -0.25) is 0 Å². The molecule has 0 aromatic heterocycles. The molecule has 0 spiro atoms. The molecule has 1 heterocycles. The lowest BCUT2D eigenvalue weighted by atomic mass is 9.65. The highest BCUT2D eigenvalue weighted by atomic mass is 16.2. The van der Waals surface area contributed by atoms with Gasteiger partial charge in [0, 0.05) is 19.1 Å². The first-order valence-electron chi connectivity index (χ1n) is 8.86. The number of rotatable bonds is 3. The molecule has 1 aromatic rings. The summed E-state index contributed by atoms with van der Waals surface area (Å²) in [5.74, 6) is 0. The molecule has 3 rings (SSSR count). The van der Waals surface area contributed by atoms with Gasteiger partial charge in [0.15, 0.2) is 0 Å². The number of benzene rings is 1. The zero-order chi connectivity index (χ0) is 16.7. The van der Waals surface area contributed by atoms with Crippen LogP contribution in [0, 0.1) is 17.8 Å².